The van der Waals surface area contributed by atoms with Crippen LogP contribution in [0.2, 0.25) is 0 Å². The van der Waals surface area contributed by atoms with Crippen molar-refractivity contribution < 1.29 is 4.39 Å². The summed E-state index contributed by atoms with van der Waals surface area (Å²) in [5, 5.41) is 0. The van der Waals surface area contributed by atoms with Gasteiger partial charge in [-0.3, -0.25) is 0 Å². The van der Waals surface area contributed by atoms with Gasteiger partial charge in [0.15, 0.2) is 0 Å². The highest BCUT2D eigenvalue weighted by molar-refractivity contribution is 9.10. The molecule has 0 spiro atoms. The molecule has 0 nitrogen and oxygen atoms in total. The largest absolute Gasteiger partial charge is 0.207 e. The van der Waals surface area contributed by atoms with Crippen molar-refractivity contribution in [3.8, 4) is 0 Å². The fraction of sp³-hybridized carbons (Fsp3) is 0.333. The van der Waals surface area contributed by atoms with E-state index >= 15 is 0 Å². The Kier molecular flexibility index (Phi) is 2.25. The van der Waals surface area contributed by atoms with Crippen molar-refractivity contribution in [3.05, 3.63) is 33.5 Å². The third-order valence-electron chi connectivity index (χ3n) is 2.18. The second-order valence-electron chi connectivity index (χ2n) is 2.96. The Labute approximate surface area is 87.4 Å². The fourth-order valence-corrected chi connectivity index (χ4v) is 2.68. The molecular weight excluding hydrogens is 287 g/mol. The van der Waals surface area contributed by atoms with Gasteiger partial charge in [0.1, 0.15) is 5.82 Å². The molecule has 0 saturated heterocycles. The molecule has 1 aromatic carbocycles. The van der Waals surface area contributed by atoms with Crippen LogP contribution in [0, 0.1) is 5.82 Å². The zero-order valence-electron chi connectivity index (χ0n) is 6.28. The standard InChI is InChI=1S/C9H7Br2F/c10-5-3-7-6(9(12)4-5)1-2-8(7)11/h3-4,8H,1-2H2. The van der Waals surface area contributed by atoms with E-state index in [1.165, 1.54) is 6.07 Å². The minimum Gasteiger partial charge on any atom is -0.207 e. The van der Waals surface area contributed by atoms with E-state index in [0.29, 0.717) is 4.83 Å². The first-order valence-electron chi connectivity index (χ1n) is 3.80. The van der Waals surface area contributed by atoms with E-state index in [1.54, 1.807) is 0 Å². The topological polar surface area (TPSA) is 0 Å². The summed E-state index contributed by atoms with van der Waals surface area (Å²) in [5.41, 5.74) is 1.97. The maximum absolute atomic E-state index is 13.3. The maximum atomic E-state index is 13.3. The molecule has 64 valence electrons. The molecule has 1 unspecified atom stereocenters. The van der Waals surface area contributed by atoms with E-state index in [9.17, 15) is 4.39 Å². The SMILES string of the molecule is Fc1cc(Br)cc2c1CCC2Br. The molecule has 0 aromatic heterocycles. The van der Waals surface area contributed by atoms with Crippen LogP contribution in [0.25, 0.3) is 0 Å². The lowest BCUT2D eigenvalue weighted by Gasteiger charge is -2.04. The molecule has 0 amide bonds. The van der Waals surface area contributed by atoms with Gasteiger partial charge in [0, 0.05) is 9.30 Å². The summed E-state index contributed by atoms with van der Waals surface area (Å²) in [5.74, 6) is -0.0821. The molecule has 0 N–H and O–H groups in total. The van der Waals surface area contributed by atoms with Gasteiger partial charge in [-0.2, -0.15) is 0 Å². The summed E-state index contributed by atoms with van der Waals surface area (Å²) >= 11 is 6.80. The van der Waals surface area contributed by atoms with Crippen molar-refractivity contribution in [2.75, 3.05) is 0 Å². The molecule has 0 fully saturated rings. The summed E-state index contributed by atoms with van der Waals surface area (Å²) < 4.78 is 14.1. The van der Waals surface area contributed by atoms with Gasteiger partial charge in [0.2, 0.25) is 0 Å². The molecule has 0 heterocycles. The molecule has 2 rings (SSSR count). The van der Waals surface area contributed by atoms with Crippen LogP contribution in [0.5, 0.6) is 0 Å². The predicted molar refractivity (Wildman–Crippen MR) is 54.1 cm³/mol. The van der Waals surface area contributed by atoms with Crippen molar-refractivity contribution in [2.24, 2.45) is 0 Å². The van der Waals surface area contributed by atoms with Crippen molar-refractivity contribution >= 4 is 31.9 Å². The molecule has 1 aliphatic rings. The number of hydrogen-bond donors (Lipinski definition) is 0. The Hall–Kier alpha value is 0.110. The van der Waals surface area contributed by atoms with Gasteiger partial charge in [0.25, 0.3) is 0 Å². The quantitative estimate of drug-likeness (QED) is 0.635. The van der Waals surface area contributed by atoms with E-state index in [0.717, 1.165) is 28.4 Å². The minimum absolute atomic E-state index is 0.0821. The smallest absolute Gasteiger partial charge is 0.127 e. The van der Waals surface area contributed by atoms with Crippen LogP contribution in [0.1, 0.15) is 22.4 Å². The summed E-state index contributed by atoms with van der Waals surface area (Å²) in [6, 6.07) is 3.52. The average molecular weight is 294 g/mol. The summed E-state index contributed by atoms with van der Waals surface area (Å²) in [6.45, 7) is 0. The van der Waals surface area contributed by atoms with E-state index < -0.39 is 0 Å². The number of hydrogen-bond acceptors (Lipinski definition) is 0. The van der Waals surface area contributed by atoms with E-state index in [4.69, 9.17) is 0 Å². The zero-order valence-corrected chi connectivity index (χ0v) is 9.45. The van der Waals surface area contributed by atoms with Gasteiger partial charge in [-0.05, 0) is 36.1 Å². The monoisotopic (exact) mass is 292 g/mol. The molecule has 0 radical (unpaired) electrons. The minimum atomic E-state index is -0.0821. The first-order valence-corrected chi connectivity index (χ1v) is 5.51. The summed E-state index contributed by atoms with van der Waals surface area (Å²) in [7, 11) is 0. The molecule has 0 saturated carbocycles. The molecule has 12 heavy (non-hydrogen) atoms. The van der Waals surface area contributed by atoms with Crippen LogP contribution in [-0.2, 0) is 6.42 Å². The van der Waals surface area contributed by atoms with Gasteiger partial charge >= 0.3 is 0 Å². The van der Waals surface area contributed by atoms with Crippen LogP contribution in [0.3, 0.4) is 0 Å². The van der Waals surface area contributed by atoms with Gasteiger partial charge < -0.3 is 0 Å². The van der Waals surface area contributed by atoms with Crippen LogP contribution >= 0.6 is 31.9 Å². The lowest BCUT2D eigenvalue weighted by molar-refractivity contribution is 0.612. The number of rotatable bonds is 0. The highest BCUT2D eigenvalue weighted by Crippen LogP contribution is 2.40. The third-order valence-corrected chi connectivity index (χ3v) is 3.59. The molecule has 0 bridgehead atoms. The van der Waals surface area contributed by atoms with Crippen molar-refractivity contribution in [3.63, 3.8) is 0 Å². The highest BCUT2D eigenvalue weighted by atomic mass is 79.9. The Morgan fingerprint density at radius 2 is 2.17 bits per heavy atom. The lowest BCUT2D eigenvalue weighted by Crippen LogP contribution is -1.88. The number of alkyl halides is 1. The first-order chi connectivity index (χ1) is 5.68. The lowest BCUT2D eigenvalue weighted by atomic mass is 10.1. The second-order valence-corrected chi connectivity index (χ2v) is 4.98. The number of halogens is 3. The third kappa shape index (κ3) is 1.33. The van der Waals surface area contributed by atoms with Crippen molar-refractivity contribution in [1.82, 2.24) is 0 Å². The maximum Gasteiger partial charge on any atom is 0.127 e. The predicted octanol–water partition coefficient (Wildman–Crippen LogP) is 3.97. The zero-order chi connectivity index (χ0) is 8.72. The van der Waals surface area contributed by atoms with Gasteiger partial charge in [-0.15, -0.1) is 0 Å². The molecule has 1 aromatic rings. The second kappa shape index (κ2) is 3.11. The van der Waals surface area contributed by atoms with Crippen molar-refractivity contribution in [2.45, 2.75) is 17.7 Å². The Morgan fingerprint density at radius 3 is 2.92 bits per heavy atom. The van der Waals surface area contributed by atoms with Gasteiger partial charge in [-0.25, -0.2) is 4.39 Å². The molecule has 3 heteroatoms. The fourth-order valence-electron chi connectivity index (χ4n) is 1.59. The molecule has 0 aliphatic heterocycles. The molecular formula is C9H7Br2F. The molecule has 1 aliphatic carbocycles. The van der Waals surface area contributed by atoms with Crippen molar-refractivity contribution in [1.29, 1.82) is 0 Å². The molecule has 1 atom stereocenters. The number of fused-ring (bicyclic) bond motifs is 1. The highest BCUT2D eigenvalue weighted by Gasteiger charge is 2.23. The first kappa shape index (κ1) is 8.70. The van der Waals surface area contributed by atoms with Gasteiger partial charge in [-0.1, -0.05) is 31.9 Å². The Morgan fingerprint density at radius 1 is 1.42 bits per heavy atom. The normalized spacial score (nSPS) is 21.1. The summed E-state index contributed by atoms with van der Waals surface area (Å²) in [4.78, 5) is 0.333. The van der Waals surface area contributed by atoms with Crippen LogP contribution in [0.4, 0.5) is 4.39 Å². The van der Waals surface area contributed by atoms with Crippen LogP contribution in [0.15, 0.2) is 16.6 Å². The van der Waals surface area contributed by atoms with E-state index in [-0.39, 0.29) is 5.82 Å². The van der Waals surface area contributed by atoms with E-state index in [1.807, 2.05) is 6.07 Å². The summed E-state index contributed by atoms with van der Waals surface area (Å²) in [6.07, 6.45) is 1.85. The Bertz CT molecular complexity index is 323. The van der Waals surface area contributed by atoms with Gasteiger partial charge in [0.05, 0.1) is 0 Å². The van der Waals surface area contributed by atoms with Crippen LogP contribution < -0.4 is 0 Å². The number of benzene rings is 1. The van der Waals surface area contributed by atoms with Crippen LogP contribution in [-0.4, -0.2) is 0 Å². The average Bonchev–Trinajstić information content (AvgIpc) is 2.33. The van der Waals surface area contributed by atoms with E-state index in [2.05, 4.69) is 31.9 Å². The Balaban J connectivity index is 2.60.